The highest BCUT2D eigenvalue weighted by Gasteiger charge is 2.15. The molecule has 1 aromatic heterocycles. The van der Waals surface area contributed by atoms with Crippen molar-refractivity contribution in [3.63, 3.8) is 0 Å². The lowest BCUT2D eigenvalue weighted by Gasteiger charge is -2.26. The Labute approximate surface area is 99.6 Å². The molecule has 0 spiro atoms. The summed E-state index contributed by atoms with van der Waals surface area (Å²) in [5, 5.41) is 3.32. The molecule has 4 nitrogen and oxygen atoms in total. The van der Waals surface area contributed by atoms with Crippen molar-refractivity contribution in [2.24, 2.45) is 0 Å². The number of aromatic nitrogens is 1. The molecule has 1 aromatic rings. The zero-order valence-electron chi connectivity index (χ0n) is 8.95. The van der Waals surface area contributed by atoms with E-state index in [0.29, 0.717) is 11.7 Å². The number of piperazine rings is 1. The summed E-state index contributed by atoms with van der Waals surface area (Å²) in [5.41, 5.74) is 1.15. The molecule has 1 amide bonds. The van der Waals surface area contributed by atoms with Gasteiger partial charge in [-0.05, 0) is 18.1 Å². The first-order valence-electron chi connectivity index (χ1n) is 5.33. The van der Waals surface area contributed by atoms with E-state index in [4.69, 9.17) is 11.6 Å². The van der Waals surface area contributed by atoms with Gasteiger partial charge in [-0.3, -0.25) is 9.69 Å². The quantitative estimate of drug-likeness (QED) is 0.791. The Balaban J connectivity index is 1.82. The predicted molar refractivity (Wildman–Crippen MR) is 62.4 cm³/mol. The van der Waals surface area contributed by atoms with Crippen molar-refractivity contribution < 1.29 is 4.79 Å². The number of carbonyl (C=O) groups is 1. The third kappa shape index (κ3) is 3.18. The van der Waals surface area contributed by atoms with Crippen LogP contribution < -0.4 is 5.32 Å². The van der Waals surface area contributed by atoms with Crippen LogP contribution in [0.5, 0.6) is 0 Å². The number of nitrogens with one attached hydrogen (secondary N) is 1. The van der Waals surface area contributed by atoms with Gasteiger partial charge in [0.05, 0.1) is 6.54 Å². The van der Waals surface area contributed by atoms with Crippen molar-refractivity contribution in [3.8, 4) is 0 Å². The molecule has 0 saturated carbocycles. The van der Waals surface area contributed by atoms with Gasteiger partial charge >= 0.3 is 0 Å². The summed E-state index contributed by atoms with van der Waals surface area (Å²) in [4.78, 5) is 17.3. The number of hydrogen-bond acceptors (Lipinski definition) is 3. The number of nitrogens with zero attached hydrogens (tertiary/aromatic N) is 2. The molecule has 2 rings (SSSR count). The third-order valence-corrected chi connectivity index (χ3v) is 2.85. The highest BCUT2D eigenvalue weighted by atomic mass is 35.5. The number of halogens is 1. The van der Waals surface area contributed by atoms with Gasteiger partial charge in [0.1, 0.15) is 5.15 Å². The van der Waals surface area contributed by atoms with E-state index < -0.39 is 0 Å². The second-order valence-corrected chi connectivity index (χ2v) is 4.25. The lowest BCUT2D eigenvalue weighted by Crippen LogP contribution is -2.48. The number of carbonyl (C=O) groups excluding carboxylic acids is 1. The van der Waals surface area contributed by atoms with Gasteiger partial charge in [-0.2, -0.15) is 0 Å². The fraction of sp³-hybridized carbons (Fsp3) is 0.455. The van der Waals surface area contributed by atoms with Crippen LogP contribution in [0.2, 0.25) is 5.15 Å². The van der Waals surface area contributed by atoms with Crippen molar-refractivity contribution >= 4 is 17.5 Å². The van der Waals surface area contributed by atoms with E-state index in [1.165, 1.54) is 0 Å². The molecule has 0 radical (unpaired) electrons. The van der Waals surface area contributed by atoms with E-state index >= 15 is 0 Å². The fourth-order valence-corrected chi connectivity index (χ4v) is 1.84. The molecule has 5 heteroatoms. The van der Waals surface area contributed by atoms with Crippen LogP contribution in [0.15, 0.2) is 18.3 Å². The number of rotatable bonds is 3. The summed E-state index contributed by atoms with van der Waals surface area (Å²) < 4.78 is 0. The van der Waals surface area contributed by atoms with Crippen LogP contribution in [0.1, 0.15) is 5.56 Å². The summed E-state index contributed by atoms with van der Waals surface area (Å²) in [6.07, 6.45) is 2.68. The highest BCUT2D eigenvalue weighted by molar-refractivity contribution is 6.29. The van der Waals surface area contributed by atoms with Crippen LogP contribution in [0, 0.1) is 0 Å². The van der Waals surface area contributed by atoms with Crippen LogP contribution in [-0.4, -0.2) is 42.0 Å². The van der Waals surface area contributed by atoms with Gasteiger partial charge in [-0.1, -0.05) is 17.7 Å². The summed E-state index contributed by atoms with van der Waals surface area (Å²) in [6, 6.07) is 3.76. The third-order valence-electron chi connectivity index (χ3n) is 2.62. The van der Waals surface area contributed by atoms with E-state index in [-0.39, 0.29) is 5.91 Å². The SMILES string of the molecule is O=C1CN(CCc2ccc(Cl)nc2)CCN1. The van der Waals surface area contributed by atoms with Crippen molar-refractivity contribution in [1.82, 2.24) is 15.2 Å². The maximum absolute atomic E-state index is 11.1. The summed E-state index contributed by atoms with van der Waals surface area (Å²) >= 11 is 5.71. The molecule has 2 heterocycles. The van der Waals surface area contributed by atoms with Gasteiger partial charge in [0.25, 0.3) is 0 Å². The van der Waals surface area contributed by atoms with Crippen LogP contribution in [0.3, 0.4) is 0 Å². The maximum atomic E-state index is 11.1. The Hall–Kier alpha value is -1.13. The van der Waals surface area contributed by atoms with Gasteiger partial charge in [0.2, 0.25) is 5.91 Å². The molecule has 0 aromatic carbocycles. The molecule has 0 aliphatic carbocycles. The summed E-state index contributed by atoms with van der Waals surface area (Å²) in [7, 11) is 0. The Morgan fingerprint density at radius 3 is 3.06 bits per heavy atom. The number of hydrogen-bond donors (Lipinski definition) is 1. The van der Waals surface area contributed by atoms with E-state index in [2.05, 4.69) is 15.2 Å². The molecule has 0 bridgehead atoms. The zero-order valence-corrected chi connectivity index (χ0v) is 9.70. The monoisotopic (exact) mass is 239 g/mol. The minimum Gasteiger partial charge on any atom is -0.354 e. The first-order valence-corrected chi connectivity index (χ1v) is 5.71. The van der Waals surface area contributed by atoms with Gasteiger partial charge in [0, 0.05) is 25.8 Å². The second kappa shape index (κ2) is 5.27. The average molecular weight is 240 g/mol. The predicted octanol–water partition coefficient (Wildman–Crippen LogP) is 0.709. The Morgan fingerprint density at radius 1 is 1.50 bits per heavy atom. The van der Waals surface area contributed by atoms with E-state index in [1.54, 1.807) is 12.3 Å². The fourth-order valence-electron chi connectivity index (χ4n) is 1.72. The lowest BCUT2D eigenvalue weighted by molar-refractivity contribution is -0.124. The molecule has 16 heavy (non-hydrogen) atoms. The molecule has 1 fully saturated rings. The normalized spacial score (nSPS) is 17.2. The molecular weight excluding hydrogens is 226 g/mol. The molecule has 1 aliphatic heterocycles. The highest BCUT2D eigenvalue weighted by Crippen LogP contribution is 2.06. The molecule has 86 valence electrons. The lowest BCUT2D eigenvalue weighted by atomic mass is 10.2. The zero-order chi connectivity index (χ0) is 11.4. The molecule has 0 unspecified atom stereocenters. The van der Waals surface area contributed by atoms with Gasteiger partial charge < -0.3 is 5.32 Å². The number of amides is 1. The minimum absolute atomic E-state index is 0.112. The van der Waals surface area contributed by atoms with E-state index in [1.807, 2.05) is 6.07 Å². The average Bonchev–Trinajstić information content (AvgIpc) is 2.28. The Morgan fingerprint density at radius 2 is 2.38 bits per heavy atom. The van der Waals surface area contributed by atoms with Gasteiger partial charge in [-0.25, -0.2) is 4.98 Å². The first kappa shape index (κ1) is 11.4. The standard InChI is InChI=1S/C11H14ClN3O/c12-10-2-1-9(7-14-10)3-5-15-6-4-13-11(16)8-15/h1-2,7H,3-6,8H2,(H,13,16). The second-order valence-electron chi connectivity index (χ2n) is 3.87. The number of pyridine rings is 1. The van der Waals surface area contributed by atoms with Gasteiger partial charge in [-0.15, -0.1) is 0 Å². The largest absolute Gasteiger partial charge is 0.354 e. The van der Waals surface area contributed by atoms with Crippen molar-refractivity contribution in [3.05, 3.63) is 29.0 Å². The van der Waals surface area contributed by atoms with E-state index in [9.17, 15) is 4.79 Å². The van der Waals surface area contributed by atoms with Crippen molar-refractivity contribution in [2.45, 2.75) is 6.42 Å². The molecule has 0 atom stereocenters. The summed E-state index contributed by atoms with van der Waals surface area (Å²) in [5.74, 6) is 0.112. The molecular formula is C11H14ClN3O. The van der Waals surface area contributed by atoms with Gasteiger partial charge in [0.15, 0.2) is 0 Å². The Kier molecular flexibility index (Phi) is 3.74. The maximum Gasteiger partial charge on any atom is 0.234 e. The molecule has 1 aliphatic rings. The Bertz CT molecular complexity index is 366. The van der Waals surface area contributed by atoms with Crippen LogP contribution in [0.4, 0.5) is 0 Å². The van der Waals surface area contributed by atoms with Crippen LogP contribution in [-0.2, 0) is 11.2 Å². The van der Waals surface area contributed by atoms with Crippen molar-refractivity contribution in [2.75, 3.05) is 26.2 Å². The molecule has 1 saturated heterocycles. The first-order chi connectivity index (χ1) is 7.74. The van der Waals surface area contributed by atoms with E-state index in [0.717, 1.165) is 31.6 Å². The summed E-state index contributed by atoms with van der Waals surface area (Å²) in [6.45, 7) is 3.06. The van der Waals surface area contributed by atoms with Crippen LogP contribution >= 0.6 is 11.6 Å². The van der Waals surface area contributed by atoms with Crippen LogP contribution in [0.25, 0.3) is 0 Å². The smallest absolute Gasteiger partial charge is 0.234 e. The van der Waals surface area contributed by atoms with Crippen molar-refractivity contribution in [1.29, 1.82) is 0 Å². The minimum atomic E-state index is 0.112. The topological polar surface area (TPSA) is 45.2 Å². The molecule has 1 N–H and O–H groups in total.